The molecule has 0 radical (unpaired) electrons. The number of rotatable bonds is 6. The topological polar surface area (TPSA) is 71.1 Å². The second-order valence-corrected chi connectivity index (χ2v) is 12.3. The molecule has 1 aromatic rings. The first kappa shape index (κ1) is 19.3. The van der Waals surface area contributed by atoms with E-state index in [4.69, 9.17) is 18.6 Å². The van der Waals surface area contributed by atoms with E-state index in [0.717, 1.165) is 6.29 Å². The van der Waals surface area contributed by atoms with Gasteiger partial charge in [-0.05, 0) is 18.1 Å². The number of carbonyl (C=O) groups is 2. The van der Waals surface area contributed by atoms with Crippen LogP contribution in [0.3, 0.4) is 0 Å². The molecular formula is C18H26O6Si. The van der Waals surface area contributed by atoms with Gasteiger partial charge >= 0.3 is 5.97 Å². The number of hydrogen-bond acceptors (Lipinski definition) is 6. The molecule has 0 spiro atoms. The monoisotopic (exact) mass is 366 g/mol. The lowest BCUT2D eigenvalue weighted by Crippen LogP contribution is -2.44. The standard InChI is InChI=1S/C18H26O6Si/c1-18(2,3)25(6,7)24-14-11(8-9-19)15(21-4)16(22-5)12-10-23-17(20)13(12)14/h9H,8,10H2,1-7H3. The van der Waals surface area contributed by atoms with E-state index in [1.165, 1.54) is 14.2 Å². The van der Waals surface area contributed by atoms with Gasteiger partial charge in [-0.2, -0.15) is 0 Å². The molecule has 0 bridgehead atoms. The minimum absolute atomic E-state index is 0.0596. The summed E-state index contributed by atoms with van der Waals surface area (Å²) in [7, 11) is 0.744. The first-order chi connectivity index (χ1) is 11.6. The predicted octanol–water partition coefficient (Wildman–Crippen LogP) is 3.50. The number of hydrogen-bond donors (Lipinski definition) is 0. The Kier molecular flexibility index (Phi) is 5.18. The van der Waals surface area contributed by atoms with Crippen molar-refractivity contribution in [2.75, 3.05) is 14.2 Å². The zero-order chi connectivity index (χ0) is 19.0. The van der Waals surface area contributed by atoms with Crippen molar-refractivity contribution < 1.29 is 28.2 Å². The summed E-state index contributed by atoms with van der Waals surface area (Å²) >= 11 is 0. The average Bonchev–Trinajstić information content (AvgIpc) is 2.89. The highest BCUT2D eigenvalue weighted by molar-refractivity contribution is 6.74. The molecule has 0 saturated carbocycles. The van der Waals surface area contributed by atoms with Crippen molar-refractivity contribution in [2.45, 2.75) is 51.9 Å². The van der Waals surface area contributed by atoms with Crippen molar-refractivity contribution in [1.82, 2.24) is 0 Å². The molecule has 0 aromatic heterocycles. The Balaban J connectivity index is 2.79. The molecule has 0 unspecified atom stereocenters. The zero-order valence-electron chi connectivity index (χ0n) is 15.9. The van der Waals surface area contributed by atoms with Gasteiger partial charge in [0.25, 0.3) is 8.32 Å². The summed E-state index contributed by atoms with van der Waals surface area (Å²) in [5.41, 5.74) is 1.48. The van der Waals surface area contributed by atoms with Gasteiger partial charge in [0.1, 0.15) is 24.2 Å². The Morgan fingerprint density at radius 2 is 1.72 bits per heavy atom. The van der Waals surface area contributed by atoms with Crippen molar-refractivity contribution in [1.29, 1.82) is 0 Å². The lowest BCUT2D eigenvalue weighted by atomic mass is 9.99. The van der Waals surface area contributed by atoms with Gasteiger partial charge in [0.05, 0.1) is 19.8 Å². The zero-order valence-corrected chi connectivity index (χ0v) is 16.9. The lowest BCUT2D eigenvalue weighted by molar-refractivity contribution is -0.107. The number of fused-ring (bicyclic) bond motifs is 1. The van der Waals surface area contributed by atoms with Gasteiger partial charge in [0.15, 0.2) is 11.5 Å². The van der Waals surface area contributed by atoms with Crippen LogP contribution in [0.15, 0.2) is 0 Å². The SMILES string of the molecule is COc1c(CC=O)c(O[Si](C)(C)C(C)(C)C)c2c(c1OC)COC2=O. The van der Waals surface area contributed by atoms with E-state index in [1.807, 2.05) is 0 Å². The van der Waals surface area contributed by atoms with Crippen LogP contribution in [0.5, 0.6) is 17.2 Å². The Morgan fingerprint density at radius 3 is 2.20 bits per heavy atom. The van der Waals surface area contributed by atoms with E-state index in [2.05, 4.69) is 33.9 Å². The Labute approximate surface area is 149 Å². The maximum Gasteiger partial charge on any atom is 0.342 e. The summed E-state index contributed by atoms with van der Waals surface area (Å²) in [6.45, 7) is 10.6. The molecule has 0 N–H and O–H groups in total. The summed E-state index contributed by atoms with van der Waals surface area (Å²) in [6, 6.07) is 0. The number of methoxy groups -OCH3 is 2. The van der Waals surface area contributed by atoms with Gasteiger partial charge in [0.2, 0.25) is 0 Å². The van der Waals surface area contributed by atoms with Gasteiger partial charge < -0.3 is 23.4 Å². The van der Waals surface area contributed by atoms with Crippen LogP contribution < -0.4 is 13.9 Å². The molecule has 0 saturated heterocycles. The number of benzene rings is 1. The highest BCUT2D eigenvalue weighted by Gasteiger charge is 2.43. The van der Waals surface area contributed by atoms with Crippen LogP contribution in [-0.2, 0) is 22.6 Å². The summed E-state index contributed by atoms with van der Waals surface area (Å²) in [5, 5.41) is -0.0754. The molecule has 25 heavy (non-hydrogen) atoms. The quantitative estimate of drug-likeness (QED) is 0.436. The van der Waals surface area contributed by atoms with E-state index in [1.54, 1.807) is 0 Å². The van der Waals surface area contributed by atoms with E-state index in [-0.39, 0.29) is 18.1 Å². The van der Waals surface area contributed by atoms with Crippen molar-refractivity contribution in [2.24, 2.45) is 0 Å². The molecule has 1 aliphatic heterocycles. The third kappa shape index (κ3) is 3.25. The molecule has 1 aromatic carbocycles. The third-order valence-corrected chi connectivity index (χ3v) is 9.29. The molecule has 6 nitrogen and oxygen atoms in total. The Hall–Kier alpha value is -2.02. The third-order valence-electron chi connectivity index (χ3n) is 4.97. The maximum absolute atomic E-state index is 12.4. The minimum atomic E-state index is -2.26. The molecule has 0 amide bonds. The van der Waals surface area contributed by atoms with Gasteiger partial charge in [-0.25, -0.2) is 4.79 Å². The van der Waals surface area contributed by atoms with E-state index in [9.17, 15) is 9.59 Å². The highest BCUT2D eigenvalue weighted by Crippen LogP contribution is 2.49. The smallest absolute Gasteiger partial charge is 0.342 e. The van der Waals surface area contributed by atoms with Crippen molar-refractivity contribution in [3.8, 4) is 17.2 Å². The van der Waals surface area contributed by atoms with Gasteiger partial charge in [-0.15, -0.1) is 0 Å². The van der Waals surface area contributed by atoms with Gasteiger partial charge in [-0.3, -0.25) is 0 Å². The largest absolute Gasteiger partial charge is 0.543 e. The molecule has 0 aliphatic carbocycles. The van der Waals surface area contributed by atoms with Crippen molar-refractivity contribution >= 4 is 20.6 Å². The Bertz CT molecular complexity index is 703. The molecule has 0 fully saturated rings. The minimum Gasteiger partial charge on any atom is -0.543 e. The average molecular weight is 366 g/mol. The number of aldehydes is 1. The maximum atomic E-state index is 12.4. The molecular weight excluding hydrogens is 340 g/mol. The van der Waals surface area contributed by atoms with E-state index in [0.29, 0.717) is 33.9 Å². The predicted molar refractivity (Wildman–Crippen MR) is 96.3 cm³/mol. The summed E-state index contributed by atoms with van der Waals surface area (Å²) in [5.74, 6) is 0.772. The summed E-state index contributed by atoms with van der Waals surface area (Å²) in [6.07, 6.45) is 0.826. The first-order valence-corrected chi connectivity index (χ1v) is 11.1. The number of carbonyl (C=O) groups excluding carboxylic acids is 2. The number of esters is 1. The fraction of sp³-hybridized carbons (Fsp3) is 0.556. The molecule has 0 atom stereocenters. The van der Waals surface area contributed by atoms with Crippen LogP contribution in [0.1, 0.15) is 42.3 Å². The van der Waals surface area contributed by atoms with Crippen molar-refractivity contribution in [3.05, 3.63) is 16.7 Å². The lowest BCUT2D eigenvalue weighted by Gasteiger charge is -2.37. The molecule has 7 heteroatoms. The van der Waals surface area contributed by atoms with Crippen LogP contribution in [0.25, 0.3) is 0 Å². The van der Waals surface area contributed by atoms with Crippen LogP contribution in [0.4, 0.5) is 0 Å². The molecule has 2 rings (SSSR count). The van der Waals surface area contributed by atoms with Gasteiger partial charge in [-0.1, -0.05) is 20.8 Å². The van der Waals surface area contributed by atoms with Gasteiger partial charge in [0, 0.05) is 12.0 Å². The van der Waals surface area contributed by atoms with Crippen LogP contribution in [-0.4, -0.2) is 34.8 Å². The van der Waals surface area contributed by atoms with E-state index < -0.39 is 14.3 Å². The first-order valence-electron chi connectivity index (χ1n) is 8.18. The number of ether oxygens (including phenoxy) is 3. The molecule has 138 valence electrons. The fourth-order valence-electron chi connectivity index (χ4n) is 2.56. The van der Waals surface area contributed by atoms with Crippen LogP contribution in [0, 0.1) is 0 Å². The normalized spacial score (nSPS) is 14.0. The molecule has 1 heterocycles. The van der Waals surface area contributed by atoms with Crippen LogP contribution >= 0.6 is 0 Å². The fourth-order valence-corrected chi connectivity index (χ4v) is 3.61. The van der Waals surface area contributed by atoms with Crippen molar-refractivity contribution in [3.63, 3.8) is 0 Å². The second kappa shape index (κ2) is 6.71. The second-order valence-electron chi connectivity index (χ2n) is 7.54. The van der Waals surface area contributed by atoms with Crippen LogP contribution in [0.2, 0.25) is 18.1 Å². The van der Waals surface area contributed by atoms with E-state index >= 15 is 0 Å². The summed E-state index contributed by atoms with van der Waals surface area (Å²) < 4.78 is 22.6. The highest BCUT2D eigenvalue weighted by atomic mass is 28.4. The summed E-state index contributed by atoms with van der Waals surface area (Å²) in [4.78, 5) is 23.7. The number of cyclic esters (lactones) is 1. The Morgan fingerprint density at radius 1 is 1.12 bits per heavy atom. The molecule has 1 aliphatic rings.